The number of fused-ring (bicyclic) bond motifs is 1. The van der Waals surface area contributed by atoms with E-state index in [2.05, 4.69) is 4.90 Å². The number of aliphatic carboxylic acids is 1. The second-order valence-corrected chi connectivity index (χ2v) is 6.94. The van der Waals surface area contributed by atoms with Crippen LogP contribution in [0.4, 0.5) is 13.2 Å². The van der Waals surface area contributed by atoms with Crippen LogP contribution in [0.5, 0.6) is 0 Å². The average molecular weight is 390 g/mol. The fourth-order valence-corrected chi connectivity index (χ4v) is 3.35. The number of likely N-dealkylation sites (tertiary alicyclic amines) is 1. The van der Waals surface area contributed by atoms with Crippen LogP contribution in [0.2, 0.25) is 0 Å². The van der Waals surface area contributed by atoms with Gasteiger partial charge < -0.3 is 19.2 Å². The number of carbonyl (C=O) groups is 2. The number of amides is 1. The van der Waals surface area contributed by atoms with E-state index in [1.165, 1.54) is 25.6 Å². The lowest BCUT2D eigenvalue weighted by Crippen LogP contribution is -2.51. The number of furan rings is 1. The zero-order valence-electron chi connectivity index (χ0n) is 14.5. The van der Waals surface area contributed by atoms with Crippen molar-refractivity contribution in [1.29, 1.82) is 0 Å². The van der Waals surface area contributed by atoms with Gasteiger partial charge in [0.15, 0.2) is 0 Å². The van der Waals surface area contributed by atoms with Crippen molar-refractivity contribution < 1.29 is 37.0 Å². The molecule has 3 fully saturated rings. The molecule has 1 aromatic heterocycles. The van der Waals surface area contributed by atoms with E-state index in [1.807, 2.05) is 4.90 Å². The summed E-state index contributed by atoms with van der Waals surface area (Å²) in [6.45, 7) is 4.46. The Bertz CT molecular complexity index is 660. The second kappa shape index (κ2) is 7.89. The summed E-state index contributed by atoms with van der Waals surface area (Å²) in [5.74, 6) is -1.82. The number of carboxylic acids is 1. The van der Waals surface area contributed by atoms with Crippen molar-refractivity contribution in [3.05, 3.63) is 24.2 Å². The van der Waals surface area contributed by atoms with Crippen LogP contribution < -0.4 is 0 Å². The monoisotopic (exact) mass is 390 g/mol. The van der Waals surface area contributed by atoms with Gasteiger partial charge in [0.25, 0.3) is 5.91 Å². The van der Waals surface area contributed by atoms with Crippen molar-refractivity contribution in [3.8, 4) is 0 Å². The van der Waals surface area contributed by atoms with Gasteiger partial charge in [0.05, 0.1) is 30.6 Å². The lowest BCUT2D eigenvalue weighted by atomic mass is 10.1. The van der Waals surface area contributed by atoms with E-state index in [1.54, 1.807) is 12.3 Å². The Morgan fingerprint density at radius 1 is 1.26 bits per heavy atom. The lowest BCUT2D eigenvalue weighted by molar-refractivity contribution is -0.192. The number of nitrogens with zero attached hydrogens (tertiary/aromatic N) is 2. The zero-order valence-corrected chi connectivity index (χ0v) is 14.5. The molecule has 0 unspecified atom stereocenters. The Morgan fingerprint density at radius 3 is 2.52 bits per heavy atom. The van der Waals surface area contributed by atoms with E-state index in [9.17, 15) is 18.0 Å². The molecule has 2 atom stereocenters. The summed E-state index contributed by atoms with van der Waals surface area (Å²) >= 11 is 0. The minimum atomic E-state index is -5.08. The molecular weight excluding hydrogens is 369 g/mol. The van der Waals surface area contributed by atoms with E-state index < -0.39 is 12.1 Å². The number of carbonyl (C=O) groups excluding carboxylic acids is 1. The first-order chi connectivity index (χ1) is 12.8. The fraction of sp³-hybridized carbons (Fsp3) is 0.647. The van der Waals surface area contributed by atoms with Crippen LogP contribution >= 0.6 is 0 Å². The predicted molar refractivity (Wildman–Crippen MR) is 86.1 cm³/mol. The Hall–Kier alpha value is -2.07. The van der Waals surface area contributed by atoms with Crippen molar-refractivity contribution in [2.24, 2.45) is 5.92 Å². The third-order valence-corrected chi connectivity index (χ3v) is 4.90. The first-order valence-corrected chi connectivity index (χ1v) is 8.73. The van der Waals surface area contributed by atoms with Gasteiger partial charge in [-0.05, 0) is 24.8 Å². The van der Waals surface area contributed by atoms with Gasteiger partial charge in [0.1, 0.15) is 6.26 Å². The molecule has 1 N–H and O–H groups in total. The molecule has 0 spiro atoms. The first-order valence-electron chi connectivity index (χ1n) is 8.73. The van der Waals surface area contributed by atoms with Gasteiger partial charge >= 0.3 is 12.1 Å². The SMILES string of the molecule is O=C(O)C(F)(F)F.O=C(c1ccoc1)N1C[C@@H]2OCCN(CC3CC3)[C@@H]2C1. The second-order valence-electron chi connectivity index (χ2n) is 6.94. The van der Waals surface area contributed by atoms with Gasteiger partial charge in [-0.3, -0.25) is 9.69 Å². The van der Waals surface area contributed by atoms with Crippen molar-refractivity contribution in [2.75, 3.05) is 32.8 Å². The predicted octanol–water partition coefficient (Wildman–Crippen LogP) is 1.85. The molecule has 1 aromatic rings. The van der Waals surface area contributed by atoms with Gasteiger partial charge in [-0.25, -0.2) is 4.79 Å². The molecule has 2 saturated heterocycles. The Balaban J connectivity index is 0.000000260. The van der Waals surface area contributed by atoms with E-state index in [0.29, 0.717) is 18.2 Å². The Labute approximate surface area is 153 Å². The number of hydrogen-bond acceptors (Lipinski definition) is 5. The molecule has 10 heteroatoms. The van der Waals surface area contributed by atoms with Crippen LogP contribution in [0.15, 0.2) is 23.0 Å². The zero-order chi connectivity index (χ0) is 19.6. The van der Waals surface area contributed by atoms with Gasteiger partial charge in [-0.2, -0.15) is 13.2 Å². The van der Waals surface area contributed by atoms with Gasteiger partial charge in [-0.15, -0.1) is 0 Å². The van der Waals surface area contributed by atoms with Crippen LogP contribution in [0.1, 0.15) is 23.2 Å². The summed E-state index contributed by atoms with van der Waals surface area (Å²) in [6.07, 6.45) is 0.899. The molecule has 1 amide bonds. The van der Waals surface area contributed by atoms with E-state index in [4.69, 9.17) is 19.1 Å². The molecule has 0 radical (unpaired) electrons. The van der Waals surface area contributed by atoms with Crippen molar-refractivity contribution >= 4 is 11.9 Å². The highest BCUT2D eigenvalue weighted by Gasteiger charge is 2.43. The summed E-state index contributed by atoms with van der Waals surface area (Å²) in [4.78, 5) is 25.7. The first kappa shape index (κ1) is 19.7. The molecule has 1 saturated carbocycles. The molecule has 27 heavy (non-hydrogen) atoms. The molecule has 0 aromatic carbocycles. The smallest absolute Gasteiger partial charge is 0.475 e. The highest BCUT2D eigenvalue weighted by molar-refractivity contribution is 5.94. The maximum atomic E-state index is 12.4. The maximum absolute atomic E-state index is 12.4. The number of hydrogen-bond donors (Lipinski definition) is 1. The standard InChI is InChI=1S/C15H20N2O3.C2HF3O2/c18-15(12-3-5-19-10-12)17-8-13-14(9-17)20-6-4-16(13)7-11-1-2-11;3-2(4,5)1(6)7/h3,5,10-11,13-14H,1-2,4,6-9H2;(H,6,7)/t13-,14+;/m1./s1. The van der Waals surface area contributed by atoms with E-state index >= 15 is 0 Å². The largest absolute Gasteiger partial charge is 0.490 e. The van der Waals surface area contributed by atoms with Gasteiger partial charge in [-0.1, -0.05) is 0 Å². The number of rotatable bonds is 3. The van der Waals surface area contributed by atoms with Gasteiger partial charge in [0.2, 0.25) is 0 Å². The number of morpholine rings is 1. The lowest BCUT2D eigenvalue weighted by Gasteiger charge is -2.36. The number of ether oxygens (including phenoxy) is 1. The molecule has 1 aliphatic carbocycles. The quantitative estimate of drug-likeness (QED) is 0.848. The molecule has 2 aliphatic heterocycles. The molecule has 4 rings (SSSR count). The fourth-order valence-electron chi connectivity index (χ4n) is 3.35. The summed E-state index contributed by atoms with van der Waals surface area (Å²) < 4.78 is 42.6. The average Bonchev–Trinajstić information content (AvgIpc) is 3.11. The highest BCUT2D eigenvalue weighted by Crippen LogP contribution is 2.33. The van der Waals surface area contributed by atoms with E-state index in [-0.39, 0.29) is 12.0 Å². The van der Waals surface area contributed by atoms with Crippen LogP contribution in [0, 0.1) is 5.92 Å². The Kier molecular flexibility index (Phi) is 5.75. The molecular formula is C17H21F3N2O5. The van der Waals surface area contributed by atoms with Crippen LogP contribution in [0.3, 0.4) is 0 Å². The maximum Gasteiger partial charge on any atom is 0.490 e. The van der Waals surface area contributed by atoms with Crippen LogP contribution in [-0.4, -0.2) is 77.9 Å². The number of alkyl halides is 3. The van der Waals surface area contributed by atoms with E-state index in [0.717, 1.165) is 25.6 Å². The van der Waals surface area contributed by atoms with Crippen molar-refractivity contribution in [3.63, 3.8) is 0 Å². The van der Waals surface area contributed by atoms with Crippen LogP contribution in [-0.2, 0) is 9.53 Å². The molecule has 150 valence electrons. The minimum Gasteiger partial charge on any atom is -0.475 e. The number of carboxylic acid groups (broad SMARTS) is 1. The summed E-state index contributed by atoms with van der Waals surface area (Å²) in [5, 5.41) is 7.12. The molecule has 3 heterocycles. The summed E-state index contributed by atoms with van der Waals surface area (Å²) in [6, 6.07) is 2.10. The molecule has 3 aliphatic rings. The third-order valence-electron chi connectivity index (χ3n) is 4.90. The summed E-state index contributed by atoms with van der Waals surface area (Å²) in [7, 11) is 0. The van der Waals surface area contributed by atoms with Gasteiger partial charge in [0, 0.05) is 26.2 Å². The Morgan fingerprint density at radius 2 is 1.96 bits per heavy atom. The molecule has 0 bridgehead atoms. The van der Waals surface area contributed by atoms with Crippen LogP contribution in [0.25, 0.3) is 0 Å². The third kappa shape index (κ3) is 5.01. The minimum absolute atomic E-state index is 0.0584. The number of halogens is 3. The normalized spacial score (nSPS) is 25.5. The topological polar surface area (TPSA) is 83.2 Å². The summed E-state index contributed by atoms with van der Waals surface area (Å²) in [5.41, 5.74) is 0.636. The van der Waals surface area contributed by atoms with Crippen molar-refractivity contribution in [2.45, 2.75) is 31.2 Å². The molecule has 7 nitrogen and oxygen atoms in total. The highest BCUT2D eigenvalue weighted by atomic mass is 19.4. The van der Waals surface area contributed by atoms with Crippen molar-refractivity contribution in [1.82, 2.24) is 9.80 Å².